The van der Waals surface area contributed by atoms with E-state index in [1.54, 1.807) is 31.2 Å². The number of ether oxygens (including phenoxy) is 1. The maximum absolute atomic E-state index is 13.6. The van der Waals surface area contributed by atoms with Crippen LogP contribution in [0.3, 0.4) is 0 Å². The van der Waals surface area contributed by atoms with Gasteiger partial charge in [-0.3, -0.25) is 13.9 Å². The topological polar surface area (TPSA) is 96.0 Å². The second-order valence-electron chi connectivity index (χ2n) is 9.30. The van der Waals surface area contributed by atoms with E-state index in [1.807, 2.05) is 52.0 Å². The van der Waals surface area contributed by atoms with E-state index in [-0.39, 0.29) is 18.1 Å². The molecule has 1 N–H and O–H groups in total. The molecule has 1 atom stereocenters. The smallest absolute Gasteiger partial charge is 0.244 e. The number of aryl methyl sites for hydroxylation is 1. The highest BCUT2D eigenvalue weighted by molar-refractivity contribution is 7.92. The predicted octanol–water partition coefficient (Wildman–Crippen LogP) is 3.10. The first-order chi connectivity index (χ1) is 15.7. The summed E-state index contributed by atoms with van der Waals surface area (Å²) in [5.74, 6) is -0.501. The van der Waals surface area contributed by atoms with Gasteiger partial charge in [-0.15, -0.1) is 0 Å². The molecule has 0 bridgehead atoms. The van der Waals surface area contributed by atoms with Crippen LogP contribution in [-0.2, 0) is 26.2 Å². The Balaban J connectivity index is 2.46. The first-order valence-corrected chi connectivity index (χ1v) is 12.9. The number of methoxy groups -OCH3 is 1. The molecule has 34 heavy (non-hydrogen) atoms. The van der Waals surface area contributed by atoms with Crippen LogP contribution in [0.2, 0.25) is 0 Å². The van der Waals surface area contributed by atoms with Crippen LogP contribution in [0.4, 0.5) is 5.69 Å². The van der Waals surface area contributed by atoms with Gasteiger partial charge in [0.2, 0.25) is 21.8 Å². The van der Waals surface area contributed by atoms with Gasteiger partial charge in [0.15, 0.2) is 0 Å². The van der Waals surface area contributed by atoms with Crippen LogP contribution >= 0.6 is 0 Å². The van der Waals surface area contributed by atoms with E-state index < -0.39 is 34.1 Å². The Morgan fingerprint density at radius 2 is 1.65 bits per heavy atom. The molecule has 0 spiro atoms. The molecular weight excluding hydrogens is 454 g/mol. The first-order valence-electron chi connectivity index (χ1n) is 11.0. The zero-order chi connectivity index (χ0) is 25.7. The number of sulfonamides is 1. The highest BCUT2D eigenvalue weighted by Crippen LogP contribution is 2.29. The molecule has 0 saturated heterocycles. The summed E-state index contributed by atoms with van der Waals surface area (Å²) in [5.41, 5.74) is 1.60. The number of para-hydroxylation sites is 2. The van der Waals surface area contributed by atoms with Crippen molar-refractivity contribution in [1.82, 2.24) is 10.2 Å². The molecule has 0 aliphatic heterocycles. The van der Waals surface area contributed by atoms with Crippen molar-refractivity contribution in [3.8, 4) is 5.75 Å². The van der Waals surface area contributed by atoms with Gasteiger partial charge in [0, 0.05) is 12.1 Å². The number of amides is 2. The Labute approximate surface area is 202 Å². The predicted molar refractivity (Wildman–Crippen MR) is 134 cm³/mol. The molecule has 2 rings (SSSR count). The molecule has 9 heteroatoms. The summed E-state index contributed by atoms with van der Waals surface area (Å²) in [6.07, 6.45) is 1.04. The van der Waals surface area contributed by atoms with Crippen molar-refractivity contribution in [2.45, 2.75) is 52.7 Å². The van der Waals surface area contributed by atoms with Crippen molar-refractivity contribution in [3.63, 3.8) is 0 Å². The monoisotopic (exact) mass is 489 g/mol. The van der Waals surface area contributed by atoms with Crippen LogP contribution in [0.15, 0.2) is 48.5 Å². The SMILES string of the molecule is COc1ccccc1N(CC(=O)N(Cc1ccccc1C)[C@H](C)C(=O)NC(C)(C)C)S(C)(=O)=O. The van der Waals surface area contributed by atoms with Crippen molar-refractivity contribution in [3.05, 3.63) is 59.7 Å². The van der Waals surface area contributed by atoms with E-state index in [2.05, 4.69) is 5.32 Å². The van der Waals surface area contributed by atoms with E-state index in [0.29, 0.717) is 5.75 Å². The maximum Gasteiger partial charge on any atom is 0.244 e. The summed E-state index contributed by atoms with van der Waals surface area (Å²) in [7, 11) is -2.39. The molecule has 0 fully saturated rings. The molecule has 0 heterocycles. The van der Waals surface area contributed by atoms with Crippen LogP contribution in [0.25, 0.3) is 0 Å². The Morgan fingerprint density at radius 1 is 1.06 bits per heavy atom. The van der Waals surface area contributed by atoms with Crippen molar-refractivity contribution in [1.29, 1.82) is 0 Å². The fraction of sp³-hybridized carbons (Fsp3) is 0.440. The maximum atomic E-state index is 13.6. The van der Waals surface area contributed by atoms with Crippen molar-refractivity contribution in [2.24, 2.45) is 0 Å². The number of benzene rings is 2. The van der Waals surface area contributed by atoms with Crippen LogP contribution in [-0.4, -0.2) is 56.6 Å². The van der Waals surface area contributed by atoms with Gasteiger partial charge in [0.25, 0.3) is 0 Å². The summed E-state index contributed by atoms with van der Waals surface area (Å²) in [4.78, 5) is 28.0. The number of anilines is 1. The average molecular weight is 490 g/mol. The third-order valence-corrected chi connectivity index (χ3v) is 6.43. The molecule has 0 aliphatic carbocycles. The van der Waals surface area contributed by atoms with Gasteiger partial charge in [-0.2, -0.15) is 0 Å². The number of carbonyl (C=O) groups is 2. The fourth-order valence-electron chi connectivity index (χ4n) is 3.46. The van der Waals surface area contributed by atoms with Gasteiger partial charge in [-0.05, 0) is 57.9 Å². The zero-order valence-electron chi connectivity index (χ0n) is 21.0. The summed E-state index contributed by atoms with van der Waals surface area (Å²) >= 11 is 0. The lowest BCUT2D eigenvalue weighted by molar-refractivity contribution is -0.140. The Morgan fingerprint density at radius 3 is 2.21 bits per heavy atom. The van der Waals surface area contributed by atoms with E-state index in [9.17, 15) is 18.0 Å². The molecule has 8 nitrogen and oxygen atoms in total. The van der Waals surface area contributed by atoms with E-state index in [0.717, 1.165) is 21.7 Å². The molecule has 0 radical (unpaired) electrons. The second-order valence-corrected chi connectivity index (χ2v) is 11.2. The number of rotatable bonds is 9. The van der Waals surface area contributed by atoms with Gasteiger partial charge in [0.05, 0.1) is 19.1 Å². The summed E-state index contributed by atoms with van der Waals surface area (Å²) < 4.78 is 31.7. The number of carbonyl (C=O) groups excluding carboxylic acids is 2. The molecule has 186 valence electrons. The molecule has 2 amide bonds. The standard InChI is InChI=1S/C25H35N3O5S/c1-18-12-8-9-13-20(18)16-27(19(2)24(30)26-25(3,4)5)23(29)17-28(34(7,31)32)21-14-10-11-15-22(21)33-6/h8-15,19H,16-17H2,1-7H3,(H,26,30)/t19-/m1/s1. The molecule has 0 saturated carbocycles. The van der Waals surface area contributed by atoms with E-state index in [1.165, 1.54) is 12.0 Å². The summed E-state index contributed by atoms with van der Waals surface area (Å²) in [6.45, 7) is 8.83. The third kappa shape index (κ3) is 7.21. The Bertz CT molecular complexity index is 1130. The fourth-order valence-corrected chi connectivity index (χ4v) is 4.31. The normalized spacial score (nSPS) is 12.6. The quantitative estimate of drug-likeness (QED) is 0.584. The van der Waals surface area contributed by atoms with Crippen LogP contribution in [0.1, 0.15) is 38.8 Å². The van der Waals surface area contributed by atoms with Crippen molar-refractivity contribution in [2.75, 3.05) is 24.2 Å². The van der Waals surface area contributed by atoms with E-state index >= 15 is 0 Å². The molecular formula is C25H35N3O5S. The lowest BCUT2D eigenvalue weighted by atomic mass is 10.1. The zero-order valence-corrected chi connectivity index (χ0v) is 21.8. The molecule has 0 aromatic heterocycles. The average Bonchev–Trinajstić information content (AvgIpc) is 2.74. The second kappa shape index (κ2) is 10.9. The molecule has 2 aromatic carbocycles. The van der Waals surface area contributed by atoms with Crippen LogP contribution < -0.4 is 14.4 Å². The van der Waals surface area contributed by atoms with E-state index in [4.69, 9.17) is 4.74 Å². The number of hydrogen-bond donors (Lipinski definition) is 1. The van der Waals surface area contributed by atoms with Gasteiger partial charge in [0.1, 0.15) is 18.3 Å². The Hall–Kier alpha value is -3.07. The van der Waals surface area contributed by atoms with Gasteiger partial charge in [-0.1, -0.05) is 36.4 Å². The third-order valence-electron chi connectivity index (χ3n) is 5.30. The largest absolute Gasteiger partial charge is 0.495 e. The molecule has 2 aromatic rings. The minimum atomic E-state index is -3.83. The number of nitrogens with zero attached hydrogens (tertiary/aromatic N) is 2. The number of nitrogens with one attached hydrogen (secondary N) is 1. The van der Waals surface area contributed by atoms with Crippen LogP contribution in [0, 0.1) is 6.92 Å². The van der Waals surface area contributed by atoms with Gasteiger partial charge < -0.3 is 15.0 Å². The highest BCUT2D eigenvalue weighted by Gasteiger charge is 2.32. The molecule has 0 unspecified atom stereocenters. The summed E-state index contributed by atoms with van der Waals surface area (Å²) in [6, 6.07) is 13.3. The van der Waals surface area contributed by atoms with Gasteiger partial charge >= 0.3 is 0 Å². The lowest BCUT2D eigenvalue weighted by Crippen LogP contribution is -2.54. The minimum Gasteiger partial charge on any atom is -0.495 e. The van der Waals surface area contributed by atoms with Gasteiger partial charge in [-0.25, -0.2) is 8.42 Å². The first kappa shape index (κ1) is 27.2. The van der Waals surface area contributed by atoms with Crippen molar-refractivity contribution < 1.29 is 22.7 Å². The van der Waals surface area contributed by atoms with Crippen LogP contribution in [0.5, 0.6) is 5.75 Å². The lowest BCUT2D eigenvalue weighted by Gasteiger charge is -2.33. The number of hydrogen-bond acceptors (Lipinski definition) is 5. The Kier molecular flexibility index (Phi) is 8.72. The molecule has 0 aliphatic rings. The highest BCUT2D eigenvalue weighted by atomic mass is 32.2. The minimum absolute atomic E-state index is 0.160. The van der Waals surface area contributed by atoms with Crippen molar-refractivity contribution >= 4 is 27.5 Å². The summed E-state index contributed by atoms with van der Waals surface area (Å²) in [5, 5.41) is 2.90.